The maximum atomic E-state index is 12.1. The maximum absolute atomic E-state index is 12.1. The summed E-state index contributed by atoms with van der Waals surface area (Å²) >= 11 is 5.93. The minimum absolute atomic E-state index is 0.00593. The standard InChI is InChI=1S/C14H14ClN3O3S/c15-10-3-1-2-9(6-10)12-7-13(18-17-12)14(19)16-11-4-5-22(20,21)8-11/h1-3,6-7,11H,4-5,8H2,(H,16,19)(H,17,18)/t11-/m1/s1. The van der Waals surface area contributed by atoms with Gasteiger partial charge in [0, 0.05) is 16.6 Å². The SMILES string of the molecule is O=C(N[C@@H]1CCS(=O)(=O)C1)c1cc(-c2cccc(Cl)c2)n[nH]1. The van der Waals surface area contributed by atoms with E-state index in [4.69, 9.17) is 11.6 Å². The minimum Gasteiger partial charge on any atom is -0.347 e. The van der Waals surface area contributed by atoms with Crippen molar-refractivity contribution in [2.45, 2.75) is 12.5 Å². The summed E-state index contributed by atoms with van der Waals surface area (Å²) in [5.41, 5.74) is 1.69. The number of hydrogen-bond donors (Lipinski definition) is 2. The van der Waals surface area contributed by atoms with Crippen LogP contribution in [0.3, 0.4) is 0 Å². The normalized spacial score (nSPS) is 20.0. The summed E-state index contributed by atoms with van der Waals surface area (Å²) in [5, 5.41) is 10.0. The van der Waals surface area contributed by atoms with Crippen molar-refractivity contribution >= 4 is 27.3 Å². The molecule has 0 unspecified atom stereocenters. The van der Waals surface area contributed by atoms with Crippen LogP contribution >= 0.6 is 11.6 Å². The second-order valence-electron chi connectivity index (χ2n) is 5.25. The van der Waals surface area contributed by atoms with Gasteiger partial charge in [0.1, 0.15) is 5.69 Å². The van der Waals surface area contributed by atoms with Gasteiger partial charge in [-0.1, -0.05) is 23.7 Å². The number of benzene rings is 1. The van der Waals surface area contributed by atoms with Crippen LogP contribution < -0.4 is 5.32 Å². The molecule has 1 saturated heterocycles. The van der Waals surface area contributed by atoms with E-state index < -0.39 is 9.84 Å². The molecule has 6 nitrogen and oxygen atoms in total. The summed E-state index contributed by atoms with van der Waals surface area (Å²) in [5.74, 6) is -0.245. The van der Waals surface area contributed by atoms with Gasteiger partial charge < -0.3 is 5.32 Å². The van der Waals surface area contributed by atoms with Crippen LogP contribution in [0.25, 0.3) is 11.3 Å². The molecule has 1 aliphatic rings. The lowest BCUT2D eigenvalue weighted by atomic mass is 10.1. The second kappa shape index (κ2) is 5.73. The lowest BCUT2D eigenvalue weighted by Crippen LogP contribution is -2.35. The summed E-state index contributed by atoms with van der Waals surface area (Å²) < 4.78 is 22.8. The number of halogens is 1. The fraction of sp³-hybridized carbons (Fsp3) is 0.286. The molecule has 1 amide bonds. The number of nitrogens with one attached hydrogen (secondary N) is 2. The van der Waals surface area contributed by atoms with Crippen molar-refractivity contribution in [2.75, 3.05) is 11.5 Å². The molecule has 0 saturated carbocycles. The number of sulfone groups is 1. The Labute approximate surface area is 132 Å². The van der Waals surface area contributed by atoms with E-state index in [1.165, 1.54) is 0 Å². The van der Waals surface area contributed by atoms with Crippen molar-refractivity contribution in [1.29, 1.82) is 0 Å². The monoisotopic (exact) mass is 339 g/mol. The van der Waals surface area contributed by atoms with Crippen molar-refractivity contribution in [1.82, 2.24) is 15.5 Å². The molecule has 22 heavy (non-hydrogen) atoms. The van der Waals surface area contributed by atoms with E-state index >= 15 is 0 Å². The number of amides is 1. The molecule has 2 aromatic rings. The Morgan fingerprint density at radius 1 is 1.36 bits per heavy atom. The van der Waals surface area contributed by atoms with Crippen LogP contribution in [-0.4, -0.2) is 42.1 Å². The molecule has 0 aliphatic carbocycles. The van der Waals surface area contributed by atoms with Crippen molar-refractivity contribution < 1.29 is 13.2 Å². The van der Waals surface area contributed by atoms with Gasteiger partial charge in [0.25, 0.3) is 5.91 Å². The van der Waals surface area contributed by atoms with Gasteiger partial charge in [0.15, 0.2) is 9.84 Å². The third kappa shape index (κ3) is 3.31. The predicted octanol–water partition coefficient (Wildman–Crippen LogP) is 1.65. The average Bonchev–Trinajstić information content (AvgIpc) is 3.06. The number of nitrogens with zero attached hydrogens (tertiary/aromatic N) is 1. The second-order valence-corrected chi connectivity index (χ2v) is 7.92. The average molecular weight is 340 g/mol. The molecule has 1 aromatic heterocycles. The van der Waals surface area contributed by atoms with Gasteiger partial charge in [-0.15, -0.1) is 0 Å². The third-order valence-corrected chi connectivity index (χ3v) is 5.51. The van der Waals surface area contributed by atoms with Crippen LogP contribution in [0.4, 0.5) is 0 Å². The van der Waals surface area contributed by atoms with Gasteiger partial charge in [0.05, 0.1) is 17.2 Å². The molecule has 1 aromatic carbocycles. The van der Waals surface area contributed by atoms with Crippen LogP contribution in [-0.2, 0) is 9.84 Å². The number of carbonyl (C=O) groups is 1. The molecule has 3 rings (SSSR count). The van der Waals surface area contributed by atoms with Gasteiger partial charge in [-0.25, -0.2) is 8.42 Å². The van der Waals surface area contributed by atoms with Gasteiger partial charge >= 0.3 is 0 Å². The van der Waals surface area contributed by atoms with Crippen molar-refractivity contribution in [3.8, 4) is 11.3 Å². The minimum atomic E-state index is -3.02. The van der Waals surface area contributed by atoms with Crippen molar-refractivity contribution in [3.63, 3.8) is 0 Å². The van der Waals surface area contributed by atoms with Crippen LogP contribution in [0, 0.1) is 0 Å². The van der Waals surface area contributed by atoms with E-state index in [1.807, 2.05) is 6.07 Å². The van der Waals surface area contributed by atoms with E-state index in [0.717, 1.165) is 5.56 Å². The van der Waals surface area contributed by atoms with Gasteiger partial charge in [0.2, 0.25) is 0 Å². The first-order chi connectivity index (χ1) is 10.4. The number of H-pyrrole nitrogens is 1. The Bertz CT molecular complexity index is 816. The highest BCUT2D eigenvalue weighted by molar-refractivity contribution is 7.91. The molecule has 0 radical (unpaired) electrons. The Morgan fingerprint density at radius 2 is 2.18 bits per heavy atom. The van der Waals surface area contributed by atoms with E-state index in [9.17, 15) is 13.2 Å². The van der Waals surface area contributed by atoms with Crippen LogP contribution in [0.5, 0.6) is 0 Å². The zero-order valence-electron chi connectivity index (χ0n) is 11.5. The number of aromatic nitrogens is 2. The molecule has 116 valence electrons. The Morgan fingerprint density at radius 3 is 2.86 bits per heavy atom. The number of hydrogen-bond acceptors (Lipinski definition) is 4. The van der Waals surface area contributed by atoms with Gasteiger partial charge in [-0.05, 0) is 24.6 Å². The molecule has 1 atom stereocenters. The van der Waals surface area contributed by atoms with Crippen LogP contribution in [0.15, 0.2) is 30.3 Å². The van der Waals surface area contributed by atoms with E-state index in [0.29, 0.717) is 22.8 Å². The molecular formula is C14H14ClN3O3S. The molecule has 8 heteroatoms. The maximum Gasteiger partial charge on any atom is 0.269 e. The zero-order chi connectivity index (χ0) is 15.7. The summed E-state index contributed by atoms with van der Waals surface area (Å²) in [6, 6.07) is 8.43. The highest BCUT2D eigenvalue weighted by Crippen LogP contribution is 2.21. The number of carbonyl (C=O) groups excluding carboxylic acids is 1. The first-order valence-corrected chi connectivity index (χ1v) is 8.95. The van der Waals surface area contributed by atoms with Gasteiger partial charge in [-0.2, -0.15) is 5.10 Å². The van der Waals surface area contributed by atoms with E-state index in [-0.39, 0.29) is 23.5 Å². The topological polar surface area (TPSA) is 91.9 Å². The van der Waals surface area contributed by atoms with Crippen LogP contribution in [0.2, 0.25) is 5.02 Å². The first kappa shape index (κ1) is 15.1. The Kier molecular flexibility index (Phi) is 3.92. The number of rotatable bonds is 3. The lowest BCUT2D eigenvalue weighted by molar-refractivity contribution is 0.0936. The smallest absolute Gasteiger partial charge is 0.269 e. The zero-order valence-corrected chi connectivity index (χ0v) is 13.1. The molecule has 0 bridgehead atoms. The Hall–Kier alpha value is -1.86. The third-order valence-electron chi connectivity index (χ3n) is 3.51. The predicted molar refractivity (Wildman–Crippen MR) is 83.6 cm³/mol. The highest BCUT2D eigenvalue weighted by atomic mass is 35.5. The fourth-order valence-corrected chi connectivity index (χ4v) is 4.27. The summed E-state index contributed by atoms with van der Waals surface area (Å²) in [6.07, 6.45) is 0.448. The van der Waals surface area contributed by atoms with Gasteiger partial charge in [-0.3, -0.25) is 9.89 Å². The van der Waals surface area contributed by atoms with E-state index in [1.54, 1.807) is 24.3 Å². The largest absolute Gasteiger partial charge is 0.347 e. The molecule has 2 heterocycles. The molecule has 1 aliphatic heterocycles. The summed E-state index contributed by atoms with van der Waals surface area (Å²) in [4.78, 5) is 12.1. The van der Waals surface area contributed by atoms with E-state index in [2.05, 4.69) is 15.5 Å². The Balaban J connectivity index is 1.72. The number of aromatic amines is 1. The first-order valence-electron chi connectivity index (χ1n) is 6.75. The summed E-state index contributed by atoms with van der Waals surface area (Å²) in [6.45, 7) is 0. The molecular weight excluding hydrogens is 326 g/mol. The lowest BCUT2D eigenvalue weighted by Gasteiger charge is -2.08. The quantitative estimate of drug-likeness (QED) is 0.889. The van der Waals surface area contributed by atoms with Crippen LogP contribution in [0.1, 0.15) is 16.9 Å². The van der Waals surface area contributed by atoms with Crippen molar-refractivity contribution in [3.05, 3.63) is 41.0 Å². The highest BCUT2D eigenvalue weighted by Gasteiger charge is 2.29. The molecule has 0 spiro atoms. The summed E-state index contributed by atoms with van der Waals surface area (Å²) in [7, 11) is -3.02. The molecule has 1 fully saturated rings. The molecule has 2 N–H and O–H groups in total. The van der Waals surface area contributed by atoms with Crippen molar-refractivity contribution in [2.24, 2.45) is 0 Å². The fourth-order valence-electron chi connectivity index (χ4n) is 2.41.